The molecule has 2 aromatic rings. The second-order valence-electron chi connectivity index (χ2n) is 3.27. The van der Waals surface area contributed by atoms with Crippen molar-refractivity contribution in [2.45, 2.75) is 26.9 Å². The Hall–Kier alpha value is -1.17. The van der Waals surface area contributed by atoms with Crippen LogP contribution in [-0.2, 0) is 13.1 Å². The topological polar surface area (TPSA) is 48.5 Å². The Labute approximate surface area is 96.2 Å². The van der Waals surface area contributed by atoms with Gasteiger partial charge in [0.25, 0.3) is 0 Å². The van der Waals surface area contributed by atoms with E-state index in [1.807, 2.05) is 17.8 Å². The van der Waals surface area contributed by atoms with Crippen LogP contribution in [0, 0.1) is 6.92 Å². The Balaban J connectivity index is 2.21. The van der Waals surface area contributed by atoms with Crippen LogP contribution in [0.1, 0.15) is 18.3 Å². The molecule has 0 aliphatic heterocycles. The van der Waals surface area contributed by atoms with E-state index < -0.39 is 0 Å². The van der Waals surface area contributed by atoms with Gasteiger partial charge >= 0.3 is 0 Å². The molecule has 0 bridgehead atoms. The Morgan fingerprint density at radius 1 is 1.47 bits per heavy atom. The molecule has 2 aromatic heterocycles. The molecule has 80 valence electrons. The minimum atomic E-state index is 0.696. The van der Waals surface area contributed by atoms with Gasteiger partial charge in [0.1, 0.15) is 16.8 Å². The van der Waals surface area contributed by atoms with Crippen molar-refractivity contribution < 1.29 is 0 Å². The molecule has 0 saturated carbocycles. The first-order valence-electron chi connectivity index (χ1n) is 4.77. The van der Waals surface area contributed by atoms with Crippen LogP contribution in [0.15, 0.2) is 17.1 Å². The predicted octanol–water partition coefficient (Wildman–Crippen LogP) is 1.61. The van der Waals surface area contributed by atoms with E-state index >= 15 is 0 Å². The van der Waals surface area contributed by atoms with Gasteiger partial charge in [0.15, 0.2) is 0 Å². The summed E-state index contributed by atoms with van der Waals surface area (Å²) in [6.45, 7) is 5.49. The smallest absolute Gasteiger partial charge is 0.147 e. The van der Waals surface area contributed by atoms with Crippen molar-refractivity contribution in [3.8, 4) is 0 Å². The highest BCUT2D eigenvalue weighted by atomic mass is 79.9. The number of rotatable bonds is 3. The summed E-state index contributed by atoms with van der Waals surface area (Å²) in [5.41, 5.74) is 1.11. The van der Waals surface area contributed by atoms with E-state index in [0.717, 1.165) is 22.5 Å². The molecular weight excluding hydrogens is 258 g/mol. The first-order chi connectivity index (χ1) is 7.20. The zero-order chi connectivity index (χ0) is 10.8. The summed E-state index contributed by atoms with van der Waals surface area (Å²) in [7, 11) is 0. The molecule has 0 N–H and O–H groups in total. The van der Waals surface area contributed by atoms with E-state index in [1.54, 1.807) is 11.0 Å². The van der Waals surface area contributed by atoms with Gasteiger partial charge in [0.2, 0.25) is 0 Å². The Morgan fingerprint density at radius 2 is 2.27 bits per heavy atom. The summed E-state index contributed by atoms with van der Waals surface area (Å²) in [6.07, 6.45) is 3.58. The van der Waals surface area contributed by atoms with Crippen molar-refractivity contribution in [2.24, 2.45) is 0 Å². The summed E-state index contributed by atoms with van der Waals surface area (Å²) in [4.78, 5) is 4.08. The molecule has 0 aliphatic rings. The molecule has 0 aromatic carbocycles. The van der Waals surface area contributed by atoms with Crippen LogP contribution in [0.4, 0.5) is 0 Å². The fourth-order valence-electron chi connectivity index (χ4n) is 1.37. The fraction of sp³-hybridized carbons (Fsp3) is 0.444. The molecule has 0 radical (unpaired) electrons. The summed E-state index contributed by atoms with van der Waals surface area (Å²) in [5, 5.41) is 8.48. The number of aromatic nitrogens is 5. The number of nitrogens with zero attached hydrogens (tertiary/aromatic N) is 5. The molecule has 0 spiro atoms. The Kier molecular flexibility index (Phi) is 2.86. The first-order valence-corrected chi connectivity index (χ1v) is 5.56. The average molecular weight is 270 g/mol. The SMILES string of the molecule is CCn1ncc(Cn2cnc(C)n2)c1Br. The van der Waals surface area contributed by atoms with Crippen LogP contribution in [0.25, 0.3) is 0 Å². The summed E-state index contributed by atoms with van der Waals surface area (Å²) < 4.78 is 4.72. The highest BCUT2D eigenvalue weighted by Crippen LogP contribution is 2.16. The molecule has 0 atom stereocenters. The lowest BCUT2D eigenvalue weighted by Gasteiger charge is -2.00. The van der Waals surface area contributed by atoms with Crippen LogP contribution in [0.5, 0.6) is 0 Å². The van der Waals surface area contributed by atoms with Crippen LogP contribution < -0.4 is 0 Å². The maximum Gasteiger partial charge on any atom is 0.147 e. The van der Waals surface area contributed by atoms with Gasteiger partial charge in [-0.3, -0.25) is 4.68 Å². The lowest BCUT2D eigenvalue weighted by molar-refractivity contribution is 0.638. The molecule has 0 unspecified atom stereocenters. The number of aryl methyl sites for hydroxylation is 2. The largest absolute Gasteiger partial charge is 0.258 e. The predicted molar refractivity (Wildman–Crippen MR) is 59.5 cm³/mol. The van der Waals surface area contributed by atoms with Crippen LogP contribution in [0.3, 0.4) is 0 Å². The average Bonchev–Trinajstić information content (AvgIpc) is 2.76. The van der Waals surface area contributed by atoms with Crippen LogP contribution in [-0.4, -0.2) is 24.5 Å². The standard InChI is InChI=1S/C9H12BrN5/c1-3-15-9(10)8(4-12-15)5-14-6-11-7(2)13-14/h4,6H,3,5H2,1-2H3. The van der Waals surface area contributed by atoms with Gasteiger partial charge < -0.3 is 0 Å². The van der Waals surface area contributed by atoms with Crippen molar-refractivity contribution in [1.82, 2.24) is 24.5 Å². The van der Waals surface area contributed by atoms with Crippen molar-refractivity contribution in [2.75, 3.05) is 0 Å². The van der Waals surface area contributed by atoms with Gasteiger partial charge in [0.05, 0.1) is 12.7 Å². The molecule has 2 heterocycles. The molecule has 2 rings (SSSR count). The highest BCUT2D eigenvalue weighted by molar-refractivity contribution is 9.10. The van der Waals surface area contributed by atoms with Crippen LogP contribution in [0.2, 0.25) is 0 Å². The van der Waals surface area contributed by atoms with Gasteiger partial charge in [0, 0.05) is 12.1 Å². The molecule has 0 saturated heterocycles. The van der Waals surface area contributed by atoms with E-state index in [0.29, 0.717) is 6.54 Å². The zero-order valence-electron chi connectivity index (χ0n) is 8.68. The maximum absolute atomic E-state index is 4.25. The van der Waals surface area contributed by atoms with E-state index in [9.17, 15) is 0 Å². The summed E-state index contributed by atoms with van der Waals surface area (Å²) >= 11 is 3.51. The fourth-order valence-corrected chi connectivity index (χ4v) is 1.94. The third kappa shape index (κ3) is 2.09. The van der Waals surface area contributed by atoms with Crippen molar-refractivity contribution in [3.05, 3.63) is 28.5 Å². The number of hydrogen-bond acceptors (Lipinski definition) is 3. The molecule has 6 heteroatoms. The first kappa shape index (κ1) is 10.4. The number of halogens is 1. The third-order valence-corrected chi connectivity index (χ3v) is 3.05. The minimum Gasteiger partial charge on any atom is -0.258 e. The van der Waals surface area contributed by atoms with Crippen molar-refractivity contribution in [1.29, 1.82) is 0 Å². The van der Waals surface area contributed by atoms with Gasteiger partial charge in [-0.2, -0.15) is 10.2 Å². The molecule has 0 fully saturated rings. The Bertz CT molecular complexity index is 459. The molecule has 0 aliphatic carbocycles. The summed E-state index contributed by atoms with van der Waals surface area (Å²) in [5.74, 6) is 0.786. The second-order valence-corrected chi connectivity index (χ2v) is 4.02. The molecule has 15 heavy (non-hydrogen) atoms. The molecular formula is C9H12BrN5. The van der Waals surface area contributed by atoms with Gasteiger partial charge in [-0.15, -0.1) is 0 Å². The number of hydrogen-bond donors (Lipinski definition) is 0. The summed E-state index contributed by atoms with van der Waals surface area (Å²) in [6, 6.07) is 0. The van der Waals surface area contributed by atoms with E-state index in [-0.39, 0.29) is 0 Å². The molecule has 5 nitrogen and oxygen atoms in total. The van der Waals surface area contributed by atoms with Crippen LogP contribution >= 0.6 is 15.9 Å². The minimum absolute atomic E-state index is 0.696. The lowest BCUT2D eigenvalue weighted by atomic mass is 10.4. The molecule has 0 amide bonds. The van der Waals surface area contributed by atoms with Gasteiger partial charge in [-0.05, 0) is 29.8 Å². The van der Waals surface area contributed by atoms with Crippen molar-refractivity contribution in [3.63, 3.8) is 0 Å². The zero-order valence-corrected chi connectivity index (χ0v) is 10.3. The monoisotopic (exact) mass is 269 g/mol. The maximum atomic E-state index is 4.25. The lowest BCUT2D eigenvalue weighted by Crippen LogP contribution is -2.01. The third-order valence-electron chi connectivity index (χ3n) is 2.13. The van der Waals surface area contributed by atoms with Gasteiger partial charge in [-0.1, -0.05) is 0 Å². The normalized spacial score (nSPS) is 10.9. The van der Waals surface area contributed by atoms with E-state index in [1.165, 1.54) is 0 Å². The van der Waals surface area contributed by atoms with E-state index in [2.05, 4.69) is 38.0 Å². The second kappa shape index (κ2) is 4.14. The van der Waals surface area contributed by atoms with Gasteiger partial charge in [-0.25, -0.2) is 9.67 Å². The Morgan fingerprint density at radius 3 is 2.80 bits per heavy atom. The van der Waals surface area contributed by atoms with E-state index in [4.69, 9.17) is 0 Å². The quantitative estimate of drug-likeness (QED) is 0.851. The van der Waals surface area contributed by atoms with Crippen molar-refractivity contribution >= 4 is 15.9 Å². The highest BCUT2D eigenvalue weighted by Gasteiger charge is 2.07.